The minimum Gasteiger partial charge on any atom is -0.467 e. The summed E-state index contributed by atoms with van der Waals surface area (Å²) in [5.41, 5.74) is 0.262. The third-order valence-electron chi connectivity index (χ3n) is 2.64. The number of aliphatic imine (C=N–C) groups is 1. The van der Waals surface area contributed by atoms with E-state index < -0.39 is 5.54 Å². The van der Waals surface area contributed by atoms with E-state index in [2.05, 4.69) is 25.8 Å². The first-order valence-corrected chi connectivity index (χ1v) is 4.96. The molecule has 0 N–H and O–H groups in total. The maximum absolute atomic E-state index is 11.7. The minimum absolute atomic E-state index is 0.0432. The van der Waals surface area contributed by atoms with Gasteiger partial charge in [0.25, 0.3) is 0 Å². The van der Waals surface area contributed by atoms with E-state index in [0.29, 0.717) is 0 Å². The summed E-state index contributed by atoms with van der Waals surface area (Å²) in [7, 11) is 1.42. The molecule has 80 valence electrons. The summed E-state index contributed by atoms with van der Waals surface area (Å²) < 4.78 is 4.81. The van der Waals surface area contributed by atoms with Crippen molar-refractivity contribution in [2.75, 3.05) is 7.11 Å². The number of methoxy groups -OCH3 is 1. The second-order valence-corrected chi connectivity index (χ2v) is 5.12. The van der Waals surface area contributed by atoms with Crippen LogP contribution in [0.2, 0.25) is 0 Å². The smallest absolute Gasteiger partial charge is 0.339 e. The fraction of sp³-hybridized carbons (Fsp3) is 0.818. The van der Waals surface area contributed by atoms with Gasteiger partial charge in [-0.1, -0.05) is 34.6 Å². The zero-order valence-corrected chi connectivity index (χ0v) is 9.84. The first-order valence-electron chi connectivity index (χ1n) is 4.96. The van der Waals surface area contributed by atoms with Crippen LogP contribution in [0.5, 0.6) is 0 Å². The number of hydrogen-bond donors (Lipinski definition) is 0. The number of esters is 1. The molecule has 1 aliphatic rings. The van der Waals surface area contributed by atoms with Gasteiger partial charge in [0.1, 0.15) is 0 Å². The summed E-state index contributed by atoms with van der Waals surface area (Å²) in [5.74, 6) is -0.0541. The molecule has 0 bridgehead atoms. The summed E-state index contributed by atoms with van der Waals surface area (Å²) in [4.78, 5) is 16.0. The van der Waals surface area contributed by atoms with Crippen molar-refractivity contribution < 1.29 is 9.53 Å². The Labute approximate surface area is 85.6 Å². The van der Waals surface area contributed by atoms with Gasteiger partial charge in [-0.15, -0.1) is 0 Å². The Hall–Kier alpha value is -0.860. The minimum atomic E-state index is -0.660. The lowest BCUT2D eigenvalue weighted by Gasteiger charge is -2.22. The van der Waals surface area contributed by atoms with Gasteiger partial charge in [0, 0.05) is 5.41 Å². The molecule has 1 atom stereocenters. The van der Waals surface area contributed by atoms with E-state index in [4.69, 9.17) is 4.74 Å². The Morgan fingerprint density at radius 2 is 1.93 bits per heavy atom. The molecule has 0 saturated carbocycles. The molecular formula is C11H19NO2. The van der Waals surface area contributed by atoms with Crippen LogP contribution in [0.3, 0.4) is 0 Å². The Bertz CT molecular complexity index is 286. The van der Waals surface area contributed by atoms with Gasteiger partial charge < -0.3 is 4.74 Å². The lowest BCUT2D eigenvalue weighted by Crippen LogP contribution is -2.40. The van der Waals surface area contributed by atoms with Gasteiger partial charge in [-0.3, -0.25) is 4.99 Å². The highest BCUT2D eigenvalue weighted by Gasteiger charge is 2.60. The van der Waals surface area contributed by atoms with Crippen LogP contribution in [0.1, 0.15) is 34.6 Å². The first kappa shape index (κ1) is 11.2. The van der Waals surface area contributed by atoms with Crippen LogP contribution >= 0.6 is 0 Å². The second kappa shape index (κ2) is 3.07. The average Bonchev–Trinajstić information content (AvgIpc) is 2.77. The Balaban J connectivity index is 2.91. The lowest BCUT2D eigenvalue weighted by molar-refractivity contribution is -0.144. The van der Waals surface area contributed by atoms with Crippen molar-refractivity contribution in [1.29, 1.82) is 0 Å². The quantitative estimate of drug-likeness (QED) is 0.635. The van der Waals surface area contributed by atoms with E-state index in [1.54, 1.807) is 0 Å². The van der Waals surface area contributed by atoms with E-state index in [9.17, 15) is 4.79 Å². The Morgan fingerprint density at radius 1 is 1.43 bits per heavy atom. The molecule has 1 heterocycles. The van der Waals surface area contributed by atoms with Gasteiger partial charge >= 0.3 is 5.97 Å². The molecule has 0 aromatic heterocycles. The van der Waals surface area contributed by atoms with Crippen molar-refractivity contribution in [3.05, 3.63) is 0 Å². The lowest BCUT2D eigenvalue weighted by atomic mass is 9.79. The fourth-order valence-electron chi connectivity index (χ4n) is 1.82. The van der Waals surface area contributed by atoms with Gasteiger partial charge in [-0.25, -0.2) is 4.79 Å². The topological polar surface area (TPSA) is 38.7 Å². The summed E-state index contributed by atoms with van der Waals surface area (Å²) in [5, 5.41) is 0. The van der Waals surface area contributed by atoms with Crippen molar-refractivity contribution in [3.63, 3.8) is 0 Å². The molecule has 0 aromatic carbocycles. The van der Waals surface area contributed by atoms with Crippen LogP contribution in [0.25, 0.3) is 0 Å². The van der Waals surface area contributed by atoms with Crippen LogP contribution < -0.4 is 0 Å². The van der Waals surface area contributed by atoms with Gasteiger partial charge in [0.2, 0.25) is 0 Å². The first-order chi connectivity index (χ1) is 6.26. The van der Waals surface area contributed by atoms with Crippen LogP contribution in [0.4, 0.5) is 0 Å². The van der Waals surface area contributed by atoms with Crippen molar-refractivity contribution >= 4 is 11.7 Å². The molecule has 0 unspecified atom stereocenters. The van der Waals surface area contributed by atoms with E-state index in [0.717, 1.165) is 5.71 Å². The average molecular weight is 197 g/mol. The van der Waals surface area contributed by atoms with Crippen molar-refractivity contribution in [3.8, 4) is 0 Å². The molecule has 0 amide bonds. The molecule has 0 aliphatic carbocycles. The number of ether oxygens (including phenoxy) is 1. The predicted octanol–water partition coefficient (Wildman–Crippen LogP) is 2.05. The van der Waals surface area contributed by atoms with Gasteiger partial charge in [0.15, 0.2) is 5.54 Å². The molecule has 14 heavy (non-hydrogen) atoms. The SMILES string of the molecule is COC(=O)[C@@]1(C(C)C)N=C1C(C)(C)C. The van der Waals surface area contributed by atoms with Crippen molar-refractivity contribution in [2.24, 2.45) is 16.3 Å². The normalized spacial score (nSPS) is 26.1. The molecule has 0 fully saturated rings. The summed E-state index contributed by atoms with van der Waals surface area (Å²) in [6.45, 7) is 10.2. The van der Waals surface area contributed by atoms with Crippen LogP contribution in [-0.4, -0.2) is 24.3 Å². The van der Waals surface area contributed by atoms with E-state index in [1.807, 2.05) is 13.8 Å². The Kier molecular flexibility index (Phi) is 2.46. The van der Waals surface area contributed by atoms with Crippen LogP contribution in [-0.2, 0) is 9.53 Å². The highest BCUT2D eigenvalue weighted by Crippen LogP contribution is 2.44. The standard InChI is InChI=1S/C11H19NO2/c1-7(2)11(9(13)14-6)8(12-11)10(3,4)5/h7H,1-6H3/t11-/m0/s1. The number of carbonyl (C=O) groups excluding carboxylic acids is 1. The van der Waals surface area contributed by atoms with Crippen LogP contribution in [0, 0.1) is 11.3 Å². The second-order valence-electron chi connectivity index (χ2n) is 5.12. The molecule has 1 rings (SSSR count). The predicted molar refractivity (Wildman–Crippen MR) is 56.5 cm³/mol. The molecular weight excluding hydrogens is 178 g/mol. The molecule has 3 heteroatoms. The Morgan fingerprint density at radius 3 is 2.14 bits per heavy atom. The van der Waals surface area contributed by atoms with Crippen LogP contribution in [0.15, 0.2) is 4.99 Å². The number of carbonyl (C=O) groups is 1. The largest absolute Gasteiger partial charge is 0.467 e. The summed E-state index contributed by atoms with van der Waals surface area (Å²) >= 11 is 0. The fourth-order valence-corrected chi connectivity index (χ4v) is 1.82. The highest BCUT2D eigenvalue weighted by molar-refractivity contribution is 6.23. The molecule has 3 nitrogen and oxygen atoms in total. The zero-order chi connectivity index (χ0) is 11.1. The summed E-state index contributed by atoms with van der Waals surface area (Å²) in [6, 6.07) is 0. The van der Waals surface area contributed by atoms with Crippen molar-refractivity contribution in [2.45, 2.75) is 40.2 Å². The molecule has 0 spiro atoms. The number of rotatable bonds is 2. The molecule has 1 aliphatic heterocycles. The van der Waals surface area contributed by atoms with E-state index >= 15 is 0 Å². The number of nitrogens with zero attached hydrogens (tertiary/aromatic N) is 1. The van der Waals surface area contributed by atoms with Crippen molar-refractivity contribution in [1.82, 2.24) is 0 Å². The van der Waals surface area contributed by atoms with Gasteiger partial charge in [0.05, 0.1) is 12.8 Å². The van der Waals surface area contributed by atoms with Gasteiger partial charge in [-0.2, -0.15) is 0 Å². The number of hydrogen-bond acceptors (Lipinski definition) is 3. The van der Waals surface area contributed by atoms with E-state index in [-0.39, 0.29) is 17.3 Å². The third-order valence-corrected chi connectivity index (χ3v) is 2.64. The third kappa shape index (κ3) is 1.45. The summed E-state index contributed by atoms with van der Waals surface area (Å²) in [6.07, 6.45) is 0. The maximum Gasteiger partial charge on any atom is 0.339 e. The molecule has 0 saturated heterocycles. The monoisotopic (exact) mass is 197 g/mol. The zero-order valence-electron chi connectivity index (χ0n) is 9.84. The maximum atomic E-state index is 11.7. The molecule has 0 radical (unpaired) electrons. The van der Waals surface area contributed by atoms with Gasteiger partial charge in [-0.05, 0) is 5.92 Å². The highest BCUT2D eigenvalue weighted by atomic mass is 16.5. The molecule has 0 aromatic rings. The van der Waals surface area contributed by atoms with E-state index in [1.165, 1.54) is 7.11 Å².